The van der Waals surface area contributed by atoms with Crippen LogP contribution in [0.3, 0.4) is 0 Å². The Morgan fingerprint density at radius 3 is 2.97 bits per heavy atom. The Balaban J connectivity index is 1.49. The van der Waals surface area contributed by atoms with Gasteiger partial charge in [-0.05, 0) is 56.1 Å². The summed E-state index contributed by atoms with van der Waals surface area (Å²) < 4.78 is 24.4. The SMILES string of the molecule is CC1CCn2ncc(S(N)(=O)=NC(=O)Nc3c4c(nc5c3CCC5C)CCC4)c2O1. The predicted octanol–water partition coefficient (Wildman–Crippen LogP) is 2.92. The van der Waals surface area contributed by atoms with Crippen molar-refractivity contribution in [3.63, 3.8) is 0 Å². The third-order valence-electron chi connectivity index (χ3n) is 6.24. The van der Waals surface area contributed by atoms with Crippen LogP contribution in [0.15, 0.2) is 15.5 Å². The first kappa shape index (κ1) is 19.5. The van der Waals surface area contributed by atoms with Crippen LogP contribution in [-0.2, 0) is 35.7 Å². The number of aryl methyl sites for hydroxylation is 2. The molecule has 2 aromatic heterocycles. The molecule has 160 valence electrons. The van der Waals surface area contributed by atoms with E-state index < -0.39 is 15.9 Å². The second kappa shape index (κ2) is 7.05. The van der Waals surface area contributed by atoms with Crippen LogP contribution in [0.25, 0.3) is 0 Å². The standard InChI is InChI=1S/C20H26N6O3S/c1-11-6-7-14-17(11)23-15-5-3-4-13(15)18(14)24-20(27)25-30(21,28)16-10-22-26-9-8-12(2)29-19(16)26/h10-12H,3-9H2,1-2H3,(H3,21,23,24,25,27,28). The van der Waals surface area contributed by atoms with Gasteiger partial charge in [-0.1, -0.05) is 6.92 Å². The molecule has 0 saturated carbocycles. The van der Waals surface area contributed by atoms with Crippen molar-refractivity contribution >= 4 is 21.6 Å². The number of nitrogens with one attached hydrogen (secondary N) is 1. The van der Waals surface area contributed by atoms with Gasteiger partial charge in [0.15, 0.2) is 9.92 Å². The molecular weight excluding hydrogens is 404 g/mol. The summed E-state index contributed by atoms with van der Waals surface area (Å²) in [6.07, 6.45) is 6.84. The third kappa shape index (κ3) is 3.18. The number of nitrogens with zero attached hydrogens (tertiary/aromatic N) is 4. The highest BCUT2D eigenvalue weighted by Gasteiger charge is 2.31. The number of fused-ring (bicyclic) bond motifs is 3. The molecule has 0 fully saturated rings. The number of aromatic nitrogens is 3. The molecule has 5 rings (SSSR count). The number of pyridine rings is 1. The number of hydrogen-bond acceptors (Lipinski definition) is 5. The zero-order valence-electron chi connectivity index (χ0n) is 17.2. The molecule has 3 N–H and O–H groups in total. The lowest BCUT2D eigenvalue weighted by Crippen LogP contribution is -2.25. The molecule has 0 bridgehead atoms. The average molecular weight is 431 g/mol. The van der Waals surface area contributed by atoms with Gasteiger partial charge < -0.3 is 10.1 Å². The summed E-state index contributed by atoms with van der Waals surface area (Å²) in [5.74, 6) is 0.702. The summed E-state index contributed by atoms with van der Waals surface area (Å²) in [5.41, 5.74) is 5.07. The molecule has 9 nitrogen and oxygen atoms in total. The molecule has 2 amide bonds. The van der Waals surface area contributed by atoms with Crippen LogP contribution in [0.2, 0.25) is 0 Å². The number of carbonyl (C=O) groups is 1. The van der Waals surface area contributed by atoms with E-state index in [1.54, 1.807) is 4.68 Å². The van der Waals surface area contributed by atoms with Crippen molar-refractivity contribution in [2.24, 2.45) is 9.50 Å². The summed E-state index contributed by atoms with van der Waals surface area (Å²) in [7, 11) is -3.50. The van der Waals surface area contributed by atoms with E-state index in [4.69, 9.17) is 14.9 Å². The number of carbonyl (C=O) groups excluding carboxylic acids is 1. The highest BCUT2D eigenvalue weighted by molar-refractivity contribution is 7.91. The van der Waals surface area contributed by atoms with Gasteiger partial charge in [0.1, 0.15) is 4.90 Å². The highest BCUT2D eigenvalue weighted by atomic mass is 32.2. The van der Waals surface area contributed by atoms with Crippen LogP contribution >= 0.6 is 0 Å². The topological polar surface area (TPSA) is 124 Å². The van der Waals surface area contributed by atoms with Crippen molar-refractivity contribution in [2.45, 2.75) is 75.8 Å². The van der Waals surface area contributed by atoms with Gasteiger partial charge in [0, 0.05) is 24.4 Å². The fraction of sp³-hybridized carbons (Fsp3) is 0.550. The molecule has 0 radical (unpaired) electrons. The van der Waals surface area contributed by atoms with E-state index in [0.717, 1.165) is 66.7 Å². The first-order valence-electron chi connectivity index (χ1n) is 10.5. The van der Waals surface area contributed by atoms with Gasteiger partial charge in [0.25, 0.3) is 0 Å². The second-order valence-corrected chi connectivity index (χ2v) is 10.2. The maximum atomic E-state index is 13.2. The molecule has 0 saturated heterocycles. The molecule has 3 aliphatic rings. The van der Waals surface area contributed by atoms with Crippen LogP contribution in [-0.4, -0.2) is 31.1 Å². The number of amides is 2. The Kier molecular flexibility index (Phi) is 4.59. The van der Waals surface area contributed by atoms with Gasteiger partial charge >= 0.3 is 6.03 Å². The van der Waals surface area contributed by atoms with E-state index in [0.29, 0.717) is 18.3 Å². The maximum Gasteiger partial charge on any atom is 0.354 e. The molecular formula is C20H26N6O3S. The summed E-state index contributed by atoms with van der Waals surface area (Å²) in [4.78, 5) is 17.8. The van der Waals surface area contributed by atoms with E-state index in [2.05, 4.69) is 21.7 Å². The van der Waals surface area contributed by atoms with Crippen molar-refractivity contribution in [2.75, 3.05) is 5.32 Å². The van der Waals surface area contributed by atoms with Crippen LogP contribution in [0.5, 0.6) is 5.88 Å². The van der Waals surface area contributed by atoms with E-state index in [-0.39, 0.29) is 11.0 Å². The number of urea groups is 1. The fourth-order valence-electron chi connectivity index (χ4n) is 4.64. The van der Waals surface area contributed by atoms with Crippen molar-refractivity contribution < 1.29 is 13.7 Å². The van der Waals surface area contributed by atoms with Crippen molar-refractivity contribution in [3.05, 3.63) is 28.7 Å². The molecule has 0 spiro atoms. The van der Waals surface area contributed by atoms with Crippen LogP contribution in [0, 0.1) is 0 Å². The Bertz CT molecular complexity index is 1160. The van der Waals surface area contributed by atoms with Crippen molar-refractivity contribution in [1.29, 1.82) is 0 Å². The summed E-state index contributed by atoms with van der Waals surface area (Å²) in [6, 6.07) is -0.714. The summed E-state index contributed by atoms with van der Waals surface area (Å²) in [5, 5.41) is 13.1. The molecule has 30 heavy (non-hydrogen) atoms. The number of ether oxygens (including phenoxy) is 1. The first-order chi connectivity index (χ1) is 14.3. The smallest absolute Gasteiger partial charge is 0.354 e. The van der Waals surface area contributed by atoms with E-state index in [1.807, 2.05) is 6.92 Å². The minimum absolute atomic E-state index is 0.0408. The molecule has 2 aromatic rings. The quantitative estimate of drug-likeness (QED) is 0.758. The van der Waals surface area contributed by atoms with E-state index in [1.165, 1.54) is 6.20 Å². The Morgan fingerprint density at radius 2 is 2.13 bits per heavy atom. The molecule has 0 aromatic carbocycles. The Morgan fingerprint density at radius 1 is 1.30 bits per heavy atom. The number of anilines is 1. The second-order valence-electron chi connectivity index (χ2n) is 8.41. The van der Waals surface area contributed by atoms with Gasteiger partial charge in [0.2, 0.25) is 5.88 Å². The highest BCUT2D eigenvalue weighted by Crippen LogP contribution is 2.41. The van der Waals surface area contributed by atoms with Gasteiger partial charge in [-0.3, -0.25) is 4.98 Å². The fourth-order valence-corrected chi connectivity index (χ4v) is 5.64. The molecule has 1 aliphatic heterocycles. The zero-order valence-corrected chi connectivity index (χ0v) is 18.0. The largest absolute Gasteiger partial charge is 0.474 e. The van der Waals surface area contributed by atoms with Gasteiger partial charge in [-0.15, -0.1) is 4.36 Å². The molecule has 3 heterocycles. The van der Waals surface area contributed by atoms with E-state index in [9.17, 15) is 9.00 Å². The molecule has 3 atom stereocenters. The zero-order chi connectivity index (χ0) is 21.0. The molecule has 10 heteroatoms. The average Bonchev–Trinajstić information content (AvgIpc) is 3.40. The molecule has 2 aliphatic carbocycles. The minimum atomic E-state index is -3.50. The van der Waals surface area contributed by atoms with Crippen molar-refractivity contribution in [1.82, 2.24) is 14.8 Å². The summed E-state index contributed by atoms with van der Waals surface area (Å²) >= 11 is 0. The lowest BCUT2D eigenvalue weighted by atomic mass is 10.0. The van der Waals surface area contributed by atoms with Crippen LogP contribution in [0.1, 0.15) is 61.5 Å². The first-order valence-corrected chi connectivity index (χ1v) is 12.0. The van der Waals surface area contributed by atoms with Crippen LogP contribution in [0.4, 0.5) is 10.5 Å². The summed E-state index contributed by atoms with van der Waals surface area (Å²) in [6.45, 7) is 4.73. The normalized spacial score (nSPS) is 23.7. The molecule has 3 unspecified atom stereocenters. The van der Waals surface area contributed by atoms with Gasteiger partial charge in [-0.2, -0.15) is 5.10 Å². The Labute approximate surface area is 175 Å². The van der Waals surface area contributed by atoms with Crippen molar-refractivity contribution in [3.8, 4) is 5.88 Å². The van der Waals surface area contributed by atoms with Gasteiger partial charge in [0.05, 0.1) is 18.0 Å². The van der Waals surface area contributed by atoms with Gasteiger partial charge in [-0.25, -0.2) is 18.8 Å². The van der Waals surface area contributed by atoms with Crippen LogP contribution < -0.4 is 15.2 Å². The third-order valence-corrected chi connectivity index (χ3v) is 7.58. The minimum Gasteiger partial charge on any atom is -0.474 e. The predicted molar refractivity (Wildman–Crippen MR) is 112 cm³/mol. The number of nitrogens with two attached hydrogens (primary N) is 1. The lowest BCUT2D eigenvalue weighted by Gasteiger charge is -2.22. The Hall–Kier alpha value is -2.46. The van der Waals surface area contributed by atoms with E-state index >= 15 is 0 Å². The number of hydrogen-bond donors (Lipinski definition) is 2. The maximum absolute atomic E-state index is 13.2. The number of rotatable bonds is 2. The monoisotopic (exact) mass is 430 g/mol. The lowest BCUT2D eigenvalue weighted by molar-refractivity contribution is 0.144.